The molecule has 2 rings (SSSR count). The number of likely N-dealkylation sites (tertiary alicyclic amines) is 1. The summed E-state index contributed by atoms with van der Waals surface area (Å²) >= 11 is 0. The Kier molecular flexibility index (Phi) is 13.0. The molecule has 6 heteroatoms. The highest BCUT2D eigenvalue weighted by Gasteiger charge is 2.15. The lowest BCUT2D eigenvalue weighted by molar-refractivity contribution is -0.121. The molecule has 0 radical (unpaired) electrons. The maximum absolute atomic E-state index is 11.7. The summed E-state index contributed by atoms with van der Waals surface area (Å²) in [5.74, 6) is 1.01. The van der Waals surface area contributed by atoms with Gasteiger partial charge in [0.15, 0.2) is 0 Å². The Morgan fingerprint density at radius 1 is 1.12 bits per heavy atom. The van der Waals surface area contributed by atoms with Crippen LogP contribution in [-0.4, -0.2) is 37.5 Å². The van der Waals surface area contributed by atoms with Crippen LogP contribution in [0.4, 0.5) is 0 Å². The molecule has 1 saturated heterocycles. The quantitative estimate of drug-likeness (QED) is 0.669. The minimum absolute atomic E-state index is 0. The number of carbonyl (C=O) groups is 1. The van der Waals surface area contributed by atoms with Gasteiger partial charge in [0.2, 0.25) is 5.91 Å². The predicted octanol–water partition coefficient (Wildman–Crippen LogP) is 3.38. The summed E-state index contributed by atoms with van der Waals surface area (Å²) in [6.07, 6.45) is 4.11. The summed E-state index contributed by atoms with van der Waals surface area (Å²) in [5, 5.41) is 6.04. The van der Waals surface area contributed by atoms with E-state index < -0.39 is 0 Å². The average Bonchev–Trinajstić information content (AvgIpc) is 2.57. The number of hydrogen-bond acceptors (Lipinski definition) is 3. The fourth-order valence-corrected chi connectivity index (χ4v) is 2.96. The van der Waals surface area contributed by atoms with Gasteiger partial charge in [0, 0.05) is 19.5 Å². The zero-order chi connectivity index (χ0) is 16.5. The molecule has 0 atom stereocenters. The zero-order valence-electron chi connectivity index (χ0n) is 15.4. The molecule has 144 valence electrons. The van der Waals surface area contributed by atoms with Crippen molar-refractivity contribution in [2.75, 3.05) is 26.7 Å². The van der Waals surface area contributed by atoms with E-state index in [0.29, 0.717) is 13.0 Å². The van der Waals surface area contributed by atoms with Crippen molar-refractivity contribution in [2.45, 2.75) is 45.7 Å². The maximum Gasteiger partial charge on any atom is 0.220 e. The highest BCUT2D eigenvalue weighted by atomic mass is 35.5. The molecule has 0 unspecified atom stereocenters. The maximum atomic E-state index is 11.7. The monoisotopic (exact) mass is 389 g/mol. The van der Waals surface area contributed by atoms with Gasteiger partial charge < -0.3 is 10.6 Å². The van der Waals surface area contributed by atoms with Crippen LogP contribution in [-0.2, 0) is 17.9 Å². The molecule has 0 aliphatic carbocycles. The van der Waals surface area contributed by atoms with Gasteiger partial charge in [-0.15, -0.1) is 24.8 Å². The average molecular weight is 390 g/mol. The number of nitrogens with zero attached hydrogens (tertiary/aromatic N) is 1. The molecule has 0 saturated carbocycles. The number of hydrogen-bond donors (Lipinski definition) is 2. The number of nitrogens with one attached hydrogen (secondary N) is 2. The third kappa shape index (κ3) is 9.45. The number of rotatable bonds is 8. The molecule has 1 aliphatic heterocycles. The molecule has 0 spiro atoms. The molecule has 1 aromatic rings. The normalized spacial score (nSPS) is 15.1. The Balaban J connectivity index is 0.00000288. The molecule has 1 aromatic carbocycles. The van der Waals surface area contributed by atoms with Crippen molar-refractivity contribution in [3.63, 3.8) is 0 Å². The lowest BCUT2D eigenvalue weighted by atomic mass is 9.99. The molecule has 0 aromatic heterocycles. The third-order valence-electron chi connectivity index (χ3n) is 4.63. The van der Waals surface area contributed by atoms with Crippen molar-refractivity contribution >= 4 is 30.7 Å². The van der Waals surface area contributed by atoms with Crippen molar-refractivity contribution in [2.24, 2.45) is 5.92 Å². The SMILES string of the molecule is CNCCCC(=O)NCc1ccc(CN2CCC(C)CC2)cc1.Cl.Cl. The van der Waals surface area contributed by atoms with Crippen molar-refractivity contribution in [1.29, 1.82) is 0 Å². The standard InChI is InChI=1S/C19H31N3O.2ClH/c1-16-9-12-22(13-10-16)15-18-7-5-17(6-8-18)14-21-19(23)4-3-11-20-2;;/h5-8,16,20H,3-4,9-15H2,1-2H3,(H,21,23);2*1H. The van der Waals surface area contributed by atoms with Crippen LogP contribution in [0.1, 0.15) is 43.7 Å². The molecular formula is C19H33Cl2N3O. The number of amides is 1. The minimum atomic E-state index is 0. The van der Waals surface area contributed by atoms with E-state index in [1.807, 2.05) is 7.05 Å². The van der Waals surface area contributed by atoms with Gasteiger partial charge in [0.25, 0.3) is 0 Å². The number of carbonyl (C=O) groups excluding carboxylic acids is 1. The van der Waals surface area contributed by atoms with Crippen LogP contribution in [0.25, 0.3) is 0 Å². The molecule has 4 nitrogen and oxygen atoms in total. The molecule has 1 aliphatic rings. The second-order valence-electron chi connectivity index (χ2n) is 6.76. The molecule has 1 fully saturated rings. The van der Waals surface area contributed by atoms with Crippen LogP contribution in [0.15, 0.2) is 24.3 Å². The summed E-state index contributed by atoms with van der Waals surface area (Å²) in [5.41, 5.74) is 2.53. The van der Waals surface area contributed by atoms with Crippen molar-refractivity contribution in [3.05, 3.63) is 35.4 Å². The van der Waals surface area contributed by atoms with E-state index in [-0.39, 0.29) is 30.7 Å². The van der Waals surface area contributed by atoms with Crippen LogP contribution in [0.3, 0.4) is 0 Å². The third-order valence-corrected chi connectivity index (χ3v) is 4.63. The van der Waals surface area contributed by atoms with E-state index in [1.165, 1.54) is 37.1 Å². The Bertz CT molecular complexity index is 474. The van der Waals surface area contributed by atoms with Crippen LogP contribution >= 0.6 is 24.8 Å². The van der Waals surface area contributed by atoms with Crippen LogP contribution in [0.2, 0.25) is 0 Å². The Labute approximate surface area is 164 Å². The van der Waals surface area contributed by atoms with Gasteiger partial charge in [0.1, 0.15) is 0 Å². The molecule has 0 bridgehead atoms. The fourth-order valence-electron chi connectivity index (χ4n) is 2.96. The summed E-state index contributed by atoms with van der Waals surface area (Å²) < 4.78 is 0. The van der Waals surface area contributed by atoms with E-state index in [2.05, 4.69) is 46.7 Å². The first-order valence-corrected chi connectivity index (χ1v) is 8.89. The van der Waals surface area contributed by atoms with Crippen LogP contribution in [0.5, 0.6) is 0 Å². The Morgan fingerprint density at radius 3 is 2.32 bits per heavy atom. The molecule has 1 heterocycles. The lowest BCUT2D eigenvalue weighted by Crippen LogP contribution is -2.32. The Hall–Kier alpha value is -0.810. The van der Waals surface area contributed by atoms with Crippen molar-refractivity contribution in [1.82, 2.24) is 15.5 Å². The summed E-state index contributed by atoms with van der Waals surface area (Å²) in [6, 6.07) is 8.66. The first-order valence-electron chi connectivity index (χ1n) is 8.89. The summed E-state index contributed by atoms with van der Waals surface area (Å²) in [4.78, 5) is 14.2. The number of benzene rings is 1. The lowest BCUT2D eigenvalue weighted by Gasteiger charge is -2.30. The van der Waals surface area contributed by atoms with Gasteiger partial charge >= 0.3 is 0 Å². The van der Waals surface area contributed by atoms with E-state index in [1.54, 1.807) is 0 Å². The summed E-state index contributed by atoms with van der Waals surface area (Å²) in [7, 11) is 1.91. The second-order valence-corrected chi connectivity index (χ2v) is 6.76. The number of piperidine rings is 1. The van der Waals surface area contributed by atoms with Gasteiger partial charge in [0.05, 0.1) is 0 Å². The van der Waals surface area contributed by atoms with E-state index in [4.69, 9.17) is 0 Å². The zero-order valence-corrected chi connectivity index (χ0v) is 17.1. The highest BCUT2D eigenvalue weighted by Crippen LogP contribution is 2.18. The van der Waals surface area contributed by atoms with Gasteiger partial charge in [-0.3, -0.25) is 9.69 Å². The van der Waals surface area contributed by atoms with Crippen molar-refractivity contribution < 1.29 is 4.79 Å². The molecule has 25 heavy (non-hydrogen) atoms. The highest BCUT2D eigenvalue weighted by molar-refractivity contribution is 5.85. The first-order chi connectivity index (χ1) is 11.2. The van der Waals surface area contributed by atoms with Gasteiger partial charge in [-0.1, -0.05) is 31.2 Å². The fraction of sp³-hybridized carbons (Fsp3) is 0.632. The topological polar surface area (TPSA) is 44.4 Å². The molecular weight excluding hydrogens is 357 g/mol. The molecule has 1 amide bonds. The van der Waals surface area contributed by atoms with Crippen LogP contribution in [0, 0.1) is 5.92 Å². The van der Waals surface area contributed by atoms with Gasteiger partial charge in [-0.2, -0.15) is 0 Å². The van der Waals surface area contributed by atoms with E-state index in [9.17, 15) is 4.79 Å². The van der Waals surface area contributed by atoms with Crippen LogP contribution < -0.4 is 10.6 Å². The number of halogens is 2. The second kappa shape index (κ2) is 13.4. The first kappa shape index (κ1) is 24.2. The largest absolute Gasteiger partial charge is 0.352 e. The van der Waals surface area contributed by atoms with E-state index >= 15 is 0 Å². The van der Waals surface area contributed by atoms with Gasteiger partial charge in [-0.25, -0.2) is 0 Å². The van der Waals surface area contributed by atoms with E-state index in [0.717, 1.165) is 25.4 Å². The van der Waals surface area contributed by atoms with Crippen molar-refractivity contribution in [3.8, 4) is 0 Å². The predicted molar refractivity (Wildman–Crippen MR) is 110 cm³/mol. The Morgan fingerprint density at radius 2 is 1.72 bits per heavy atom. The van der Waals surface area contributed by atoms with Gasteiger partial charge in [-0.05, 0) is 63.0 Å². The molecule has 2 N–H and O–H groups in total. The minimum Gasteiger partial charge on any atom is -0.352 e. The summed E-state index contributed by atoms with van der Waals surface area (Å²) in [6.45, 7) is 7.33. The smallest absolute Gasteiger partial charge is 0.220 e.